The lowest BCUT2D eigenvalue weighted by Gasteiger charge is -2.37. The molecule has 1 heterocycles. The minimum Gasteiger partial charge on any atom is -0.393 e. The van der Waals surface area contributed by atoms with Crippen LogP contribution in [0.5, 0.6) is 0 Å². The van der Waals surface area contributed by atoms with Gasteiger partial charge in [-0.25, -0.2) is 0 Å². The first-order valence-corrected chi connectivity index (χ1v) is 7.10. The minimum absolute atomic E-state index is 0.0340. The number of ether oxygens (including phenoxy) is 1. The van der Waals surface area contributed by atoms with Crippen LogP contribution in [-0.4, -0.2) is 36.0 Å². The predicted molar refractivity (Wildman–Crippen MR) is 69.0 cm³/mol. The van der Waals surface area contributed by atoms with E-state index in [1.165, 1.54) is 12.8 Å². The second kappa shape index (κ2) is 5.68. The molecule has 0 aromatic rings. The molecule has 2 aliphatic rings. The summed E-state index contributed by atoms with van der Waals surface area (Å²) in [5.41, 5.74) is 0.0404. The van der Waals surface area contributed by atoms with Crippen molar-refractivity contribution in [2.45, 2.75) is 70.1 Å². The molecule has 17 heavy (non-hydrogen) atoms. The van der Waals surface area contributed by atoms with E-state index in [1.54, 1.807) is 0 Å². The molecule has 0 amide bonds. The van der Waals surface area contributed by atoms with Crippen LogP contribution in [0.15, 0.2) is 0 Å². The molecule has 0 radical (unpaired) electrons. The molecule has 1 saturated carbocycles. The molecule has 1 atom stereocenters. The lowest BCUT2D eigenvalue weighted by Crippen LogP contribution is -2.45. The van der Waals surface area contributed by atoms with Crippen LogP contribution in [0.25, 0.3) is 0 Å². The van der Waals surface area contributed by atoms with Crippen LogP contribution >= 0.6 is 0 Å². The summed E-state index contributed by atoms with van der Waals surface area (Å²) in [6.07, 6.45) is 6.56. The Hall–Kier alpha value is -0.120. The van der Waals surface area contributed by atoms with Crippen LogP contribution in [0.4, 0.5) is 0 Å². The molecule has 0 bridgehead atoms. The van der Waals surface area contributed by atoms with E-state index in [-0.39, 0.29) is 11.7 Å². The van der Waals surface area contributed by atoms with E-state index in [2.05, 4.69) is 19.2 Å². The summed E-state index contributed by atoms with van der Waals surface area (Å²) in [5.74, 6) is 0.768. The van der Waals surface area contributed by atoms with Crippen molar-refractivity contribution in [2.75, 3.05) is 13.2 Å². The topological polar surface area (TPSA) is 41.5 Å². The maximum Gasteiger partial charge on any atom is 0.0641 e. The summed E-state index contributed by atoms with van der Waals surface area (Å²) >= 11 is 0. The number of aliphatic hydroxyl groups excluding tert-OH is 1. The number of rotatable bonds is 3. The minimum atomic E-state index is -0.0340. The fourth-order valence-corrected chi connectivity index (χ4v) is 3.09. The summed E-state index contributed by atoms with van der Waals surface area (Å²) < 4.78 is 5.73. The third-order valence-corrected chi connectivity index (χ3v) is 4.21. The summed E-state index contributed by atoms with van der Waals surface area (Å²) in [7, 11) is 0. The first-order chi connectivity index (χ1) is 8.05. The van der Waals surface area contributed by atoms with Crippen molar-refractivity contribution in [2.24, 2.45) is 5.92 Å². The highest BCUT2D eigenvalue weighted by molar-refractivity contribution is 4.84. The largest absolute Gasteiger partial charge is 0.393 e. The predicted octanol–water partition coefficient (Wildman–Crippen LogP) is 2.08. The molecule has 2 N–H and O–H groups in total. The molecule has 1 aliphatic heterocycles. The van der Waals surface area contributed by atoms with Crippen LogP contribution in [-0.2, 0) is 4.74 Å². The maximum absolute atomic E-state index is 9.48. The first kappa shape index (κ1) is 13.3. The van der Waals surface area contributed by atoms with Crippen LogP contribution in [0.2, 0.25) is 0 Å². The smallest absolute Gasteiger partial charge is 0.0641 e. The van der Waals surface area contributed by atoms with Gasteiger partial charge in [-0.15, -0.1) is 0 Å². The molecule has 1 aliphatic carbocycles. The molecule has 3 heteroatoms. The lowest BCUT2D eigenvalue weighted by molar-refractivity contribution is -0.0634. The van der Waals surface area contributed by atoms with Crippen molar-refractivity contribution < 1.29 is 9.84 Å². The molecule has 2 fully saturated rings. The molecule has 1 unspecified atom stereocenters. The zero-order chi connectivity index (χ0) is 12.3. The molecule has 0 aromatic carbocycles. The fourth-order valence-electron chi connectivity index (χ4n) is 3.09. The number of nitrogens with one attached hydrogen (secondary N) is 1. The summed E-state index contributed by atoms with van der Waals surface area (Å²) in [6, 6.07) is 0.616. The van der Waals surface area contributed by atoms with Crippen LogP contribution in [0, 0.1) is 5.92 Å². The number of aliphatic hydroxyl groups is 1. The molecule has 1 saturated heterocycles. The Morgan fingerprint density at radius 2 is 1.88 bits per heavy atom. The van der Waals surface area contributed by atoms with Crippen molar-refractivity contribution in [3.05, 3.63) is 0 Å². The Morgan fingerprint density at radius 3 is 2.53 bits per heavy atom. The van der Waals surface area contributed by atoms with Gasteiger partial charge in [0.05, 0.1) is 11.7 Å². The SMILES string of the molecule is CC1(C)CC(NCC2CCC(O)CC2)CCO1. The fraction of sp³-hybridized carbons (Fsp3) is 1.00. The second-order valence-electron chi connectivity index (χ2n) is 6.38. The Balaban J connectivity index is 1.68. The van der Waals surface area contributed by atoms with Gasteiger partial charge in [-0.2, -0.15) is 0 Å². The number of hydrogen-bond acceptors (Lipinski definition) is 3. The van der Waals surface area contributed by atoms with Gasteiger partial charge in [-0.1, -0.05) is 0 Å². The zero-order valence-electron chi connectivity index (χ0n) is 11.2. The van der Waals surface area contributed by atoms with Crippen molar-refractivity contribution in [3.8, 4) is 0 Å². The van der Waals surface area contributed by atoms with Gasteiger partial charge in [-0.3, -0.25) is 0 Å². The Bertz CT molecular complexity index is 234. The lowest BCUT2D eigenvalue weighted by atomic mass is 9.86. The average Bonchev–Trinajstić information content (AvgIpc) is 2.27. The first-order valence-electron chi connectivity index (χ1n) is 7.10. The van der Waals surface area contributed by atoms with E-state index >= 15 is 0 Å². The van der Waals surface area contributed by atoms with Gasteiger partial charge in [-0.05, 0) is 64.8 Å². The van der Waals surface area contributed by atoms with Crippen molar-refractivity contribution in [1.29, 1.82) is 0 Å². The van der Waals surface area contributed by atoms with E-state index in [4.69, 9.17) is 4.74 Å². The van der Waals surface area contributed by atoms with Crippen molar-refractivity contribution in [1.82, 2.24) is 5.32 Å². The summed E-state index contributed by atoms with van der Waals surface area (Å²) in [4.78, 5) is 0. The van der Waals surface area contributed by atoms with Gasteiger partial charge >= 0.3 is 0 Å². The van der Waals surface area contributed by atoms with Gasteiger partial charge in [0.1, 0.15) is 0 Å². The summed E-state index contributed by atoms with van der Waals surface area (Å²) in [6.45, 7) is 6.36. The van der Waals surface area contributed by atoms with Gasteiger partial charge in [0.15, 0.2) is 0 Å². The average molecular weight is 241 g/mol. The summed E-state index contributed by atoms with van der Waals surface area (Å²) in [5, 5.41) is 13.2. The van der Waals surface area contributed by atoms with Gasteiger partial charge in [0.2, 0.25) is 0 Å². The zero-order valence-corrected chi connectivity index (χ0v) is 11.2. The van der Waals surface area contributed by atoms with Crippen molar-refractivity contribution in [3.63, 3.8) is 0 Å². The maximum atomic E-state index is 9.48. The highest BCUT2D eigenvalue weighted by Crippen LogP contribution is 2.26. The molecule has 100 valence electrons. The standard InChI is InChI=1S/C14H27NO2/c1-14(2)9-12(7-8-17-14)15-10-11-3-5-13(16)6-4-11/h11-13,15-16H,3-10H2,1-2H3. The van der Waals surface area contributed by atoms with E-state index in [1.807, 2.05) is 0 Å². The monoisotopic (exact) mass is 241 g/mol. The highest BCUT2D eigenvalue weighted by Gasteiger charge is 2.29. The van der Waals surface area contributed by atoms with Crippen molar-refractivity contribution >= 4 is 0 Å². The van der Waals surface area contributed by atoms with Gasteiger partial charge in [0.25, 0.3) is 0 Å². The van der Waals surface area contributed by atoms with Gasteiger partial charge < -0.3 is 15.2 Å². The third kappa shape index (κ3) is 4.23. The number of hydrogen-bond donors (Lipinski definition) is 2. The molecule has 0 aromatic heterocycles. The Morgan fingerprint density at radius 1 is 1.18 bits per heavy atom. The molecule has 3 nitrogen and oxygen atoms in total. The third-order valence-electron chi connectivity index (χ3n) is 4.21. The Labute approximate surface area is 105 Å². The van der Waals surface area contributed by atoms with Crippen LogP contribution in [0.3, 0.4) is 0 Å². The molecular weight excluding hydrogens is 214 g/mol. The van der Waals surface area contributed by atoms with Gasteiger partial charge in [0, 0.05) is 12.6 Å². The molecular formula is C14H27NO2. The van der Waals surface area contributed by atoms with E-state index in [0.717, 1.165) is 44.8 Å². The normalized spacial score (nSPS) is 37.9. The van der Waals surface area contributed by atoms with E-state index in [9.17, 15) is 5.11 Å². The highest BCUT2D eigenvalue weighted by atomic mass is 16.5. The van der Waals surface area contributed by atoms with Crippen LogP contribution in [0.1, 0.15) is 52.4 Å². The molecule has 0 spiro atoms. The quantitative estimate of drug-likeness (QED) is 0.795. The second-order valence-corrected chi connectivity index (χ2v) is 6.38. The van der Waals surface area contributed by atoms with E-state index in [0.29, 0.717) is 6.04 Å². The van der Waals surface area contributed by atoms with Crippen LogP contribution < -0.4 is 5.32 Å². The molecule has 2 rings (SSSR count). The Kier molecular flexibility index (Phi) is 4.45. The van der Waals surface area contributed by atoms with E-state index < -0.39 is 0 Å².